The maximum atomic E-state index is 11.9. The van der Waals surface area contributed by atoms with Gasteiger partial charge in [0.2, 0.25) is 0 Å². The third kappa shape index (κ3) is 2.98. The molecule has 2 N–H and O–H groups in total. The normalized spacial score (nSPS) is 10.2. The van der Waals surface area contributed by atoms with Crippen LogP contribution in [0.15, 0.2) is 48.7 Å². The van der Waals surface area contributed by atoms with Crippen molar-refractivity contribution in [1.82, 2.24) is 4.98 Å². The molecule has 0 amide bonds. The molecule has 0 bridgehead atoms. The van der Waals surface area contributed by atoms with Gasteiger partial charge >= 0.3 is 0 Å². The number of ketones is 1. The van der Waals surface area contributed by atoms with Crippen LogP contribution in [-0.4, -0.2) is 10.8 Å². The van der Waals surface area contributed by atoms with E-state index >= 15 is 0 Å². The molecule has 0 saturated carbocycles. The number of carbonyl (C=O) groups is 1. The Morgan fingerprint density at radius 1 is 1.12 bits per heavy atom. The topological polar surface area (TPSA) is 56.0 Å². The molecule has 0 fully saturated rings. The molecular formula is C14H14N2O. The van der Waals surface area contributed by atoms with Crippen molar-refractivity contribution in [2.45, 2.75) is 13.0 Å². The predicted molar refractivity (Wildman–Crippen MR) is 66.6 cm³/mol. The molecule has 0 unspecified atom stereocenters. The zero-order chi connectivity index (χ0) is 12.1. The molecule has 0 aliphatic rings. The molecule has 1 aromatic carbocycles. The minimum Gasteiger partial charge on any atom is -0.326 e. The second kappa shape index (κ2) is 5.37. The van der Waals surface area contributed by atoms with Gasteiger partial charge in [-0.1, -0.05) is 30.3 Å². The van der Waals surface area contributed by atoms with Crippen LogP contribution in [0.5, 0.6) is 0 Å². The summed E-state index contributed by atoms with van der Waals surface area (Å²) in [6.45, 7) is 0.495. The van der Waals surface area contributed by atoms with Gasteiger partial charge in [-0.2, -0.15) is 0 Å². The lowest BCUT2D eigenvalue weighted by Crippen LogP contribution is -2.05. The second-order valence-corrected chi connectivity index (χ2v) is 3.82. The van der Waals surface area contributed by atoms with Crippen molar-refractivity contribution in [3.05, 3.63) is 65.5 Å². The highest BCUT2D eigenvalue weighted by atomic mass is 16.1. The van der Waals surface area contributed by atoms with Gasteiger partial charge in [-0.3, -0.25) is 9.78 Å². The lowest BCUT2D eigenvalue weighted by Gasteiger charge is -2.02. The summed E-state index contributed by atoms with van der Waals surface area (Å²) in [5, 5.41) is 0. The summed E-state index contributed by atoms with van der Waals surface area (Å²) in [5.74, 6) is 0.0762. The molecule has 2 aromatic rings. The molecule has 0 aliphatic carbocycles. The Labute approximate surface area is 100 Å². The van der Waals surface area contributed by atoms with Gasteiger partial charge < -0.3 is 5.73 Å². The van der Waals surface area contributed by atoms with E-state index in [4.69, 9.17) is 5.73 Å². The molecule has 0 saturated heterocycles. The number of hydrogen-bond donors (Lipinski definition) is 1. The van der Waals surface area contributed by atoms with E-state index in [1.54, 1.807) is 6.20 Å². The maximum Gasteiger partial charge on any atom is 0.168 e. The van der Waals surface area contributed by atoms with E-state index in [0.717, 1.165) is 11.3 Å². The SMILES string of the molecule is NCc1ccc(C(=O)Cc2ccccn2)cc1. The van der Waals surface area contributed by atoms with Crippen molar-refractivity contribution in [2.75, 3.05) is 0 Å². The summed E-state index contributed by atoms with van der Waals surface area (Å²) in [4.78, 5) is 16.1. The molecule has 86 valence electrons. The van der Waals surface area contributed by atoms with Gasteiger partial charge in [0.1, 0.15) is 0 Å². The van der Waals surface area contributed by atoms with Crippen LogP contribution < -0.4 is 5.73 Å². The largest absolute Gasteiger partial charge is 0.326 e. The molecule has 0 aliphatic heterocycles. The van der Waals surface area contributed by atoms with E-state index in [-0.39, 0.29) is 5.78 Å². The summed E-state index contributed by atoms with van der Waals surface area (Å²) in [7, 11) is 0. The van der Waals surface area contributed by atoms with Crippen molar-refractivity contribution in [1.29, 1.82) is 0 Å². The van der Waals surface area contributed by atoms with E-state index < -0.39 is 0 Å². The van der Waals surface area contributed by atoms with E-state index in [1.807, 2.05) is 42.5 Å². The molecular weight excluding hydrogens is 212 g/mol. The van der Waals surface area contributed by atoms with Crippen molar-refractivity contribution >= 4 is 5.78 Å². The Morgan fingerprint density at radius 3 is 2.47 bits per heavy atom. The molecule has 0 atom stereocenters. The van der Waals surface area contributed by atoms with Crippen LogP contribution in [0, 0.1) is 0 Å². The maximum absolute atomic E-state index is 11.9. The molecule has 0 spiro atoms. The first kappa shape index (κ1) is 11.5. The number of nitrogens with two attached hydrogens (primary N) is 1. The highest BCUT2D eigenvalue weighted by Gasteiger charge is 2.07. The van der Waals surface area contributed by atoms with Gasteiger partial charge in [-0.05, 0) is 17.7 Å². The fourth-order valence-corrected chi connectivity index (χ4v) is 1.60. The van der Waals surface area contributed by atoms with Crippen LogP contribution in [-0.2, 0) is 13.0 Å². The van der Waals surface area contributed by atoms with Gasteiger partial charge in [-0.15, -0.1) is 0 Å². The first-order chi connectivity index (χ1) is 8.29. The number of pyridine rings is 1. The smallest absolute Gasteiger partial charge is 0.168 e. The average Bonchev–Trinajstić information content (AvgIpc) is 2.40. The Hall–Kier alpha value is -2.00. The Morgan fingerprint density at radius 2 is 1.88 bits per heavy atom. The first-order valence-electron chi connectivity index (χ1n) is 5.51. The molecule has 3 nitrogen and oxygen atoms in total. The van der Waals surface area contributed by atoms with Crippen molar-refractivity contribution in [3.63, 3.8) is 0 Å². The summed E-state index contributed by atoms with van der Waals surface area (Å²) < 4.78 is 0. The number of hydrogen-bond acceptors (Lipinski definition) is 3. The van der Waals surface area contributed by atoms with Crippen LogP contribution in [0.1, 0.15) is 21.6 Å². The summed E-state index contributed by atoms with van der Waals surface area (Å²) in [5.41, 5.74) is 8.03. The highest BCUT2D eigenvalue weighted by Crippen LogP contribution is 2.07. The molecule has 1 heterocycles. The quantitative estimate of drug-likeness (QED) is 0.811. The number of benzene rings is 1. The van der Waals surface area contributed by atoms with Gasteiger partial charge in [0, 0.05) is 24.0 Å². The number of Topliss-reactive ketones (excluding diaryl/α,β-unsaturated/α-hetero) is 1. The Bertz CT molecular complexity index is 491. The van der Waals surface area contributed by atoms with Crippen LogP contribution in [0.3, 0.4) is 0 Å². The van der Waals surface area contributed by atoms with Crippen LogP contribution in [0.4, 0.5) is 0 Å². The minimum absolute atomic E-state index is 0.0762. The molecule has 1 aromatic heterocycles. The summed E-state index contributed by atoms with van der Waals surface area (Å²) in [6, 6.07) is 13.0. The second-order valence-electron chi connectivity index (χ2n) is 3.82. The van der Waals surface area contributed by atoms with E-state index in [2.05, 4.69) is 4.98 Å². The predicted octanol–water partition coefficient (Wildman–Crippen LogP) is 1.97. The summed E-state index contributed by atoms with van der Waals surface area (Å²) >= 11 is 0. The zero-order valence-electron chi connectivity index (χ0n) is 9.47. The van der Waals surface area contributed by atoms with E-state index in [1.165, 1.54) is 0 Å². The van der Waals surface area contributed by atoms with E-state index in [9.17, 15) is 4.79 Å². The monoisotopic (exact) mass is 226 g/mol. The molecule has 0 radical (unpaired) electrons. The van der Waals surface area contributed by atoms with Gasteiger partial charge in [0.05, 0.1) is 6.42 Å². The first-order valence-corrected chi connectivity index (χ1v) is 5.51. The van der Waals surface area contributed by atoms with Crippen molar-refractivity contribution in [3.8, 4) is 0 Å². The van der Waals surface area contributed by atoms with Crippen LogP contribution in [0.2, 0.25) is 0 Å². The fourth-order valence-electron chi connectivity index (χ4n) is 1.60. The fraction of sp³-hybridized carbons (Fsp3) is 0.143. The number of rotatable bonds is 4. The number of nitrogens with zero attached hydrogens (tertiary/aromatic N) is 1. The molecule has 17 heavy (non-hydrogen) atoms. The molecule has 3 heteroatoms. The third-order valence-corrected chi connectivity index (χ3v) is 2.58. The van der Waals surface area contributed by atoms with Crippen LogP contribution in [0.25, 0.3) is 0 Å². The number of carbonyl (C=O) groups excluding carboxylic acids is 1. The van der Waals surface area contributed by atoms with E-state index in [0.29, 0.717) is 18.5 Å². The zero-order valence-corrected chi connectivity index (χ0v) is 9.47. The van der Waals surface area contributed by atoms with Gasteiger partial charge in [-0.25, -0.2) is 0 Å². The Balaban J connectivity index is 2.09. The van der Waals surface area contributed by atoms with Gasteiger partial charge in [0.25, 0.3) is 0 Å². The molecule has 2 rings (SSSR count). The van der Waals surface area contributed by atoms with Crippen LogP contribution >= 0.6 is 0 Å². The van der Waals surface area contributed by atoms with Crippen molar-refractivity contribution < 1.29 is 4.79 Å². The standard InChI is InChI=1S/C14H14N2O/c15-10-11-4-6-12(7-5-11)14(17)9-13-3-1-2-8-16-13/h1-8H,9-10,15H2. The van der Waals surface area contributed by atoms with Crippen molar-refractivity contribution in [2.24, 2.45) is 5.73 Å². The van der Waals surface area contributed by atoms with Gasteiger partial charge in [0.15, 0.2) is 5.78 Å². The minimum atomic E-state index is 0.0762. The number of aromatic nitrogens is 1. The third-order valence-electron chi connectivity index (χ3n) is 2.58. The lowest BCUT2D eigenvalue weighted by atomic mass is 10.0. The summed E-state index contributed by atoms with van der Waals surface area (Å²) in [6.07, 6.45) is 2.03. The highest BCUT2D eigenvalue weighted by molar-refractivity contribution is 5.97. The Kier molecular flexibility index (Phi) is 3.62. The lowest BCUT2D eigenvalue weighted by molar-refractivity contribution is 0.0992. The average molecular weight is 226 g/mol.